The van der Waals surface area contributed by atoms with Crippen LogP contribution >= 0.6 is 11.8 Å². The molecule has 1 aromatic carbocycles. The summed E-state index contributed by atoms with van der Waals surface area (Å²) in [6, 6.07) is 14.3. The SMILES string of the molecule is CC[C@H]1CCCCN1C(=O)CSc1nnc(-c2ccco2)n1Cc1ccccc1. The van der Waals surface area contributed by atoms with Crippen LogP contribution in [0, 0.1) is 0 Å². The number of benzene rings is 1. The van der Waals surface area contributed by atoms with Gasteiger partial charge < -0.3 is 9.32 Å². The standard InChI is InChI=1S/C22H26N4O2S/c1-2-18-11-6-7-13-25(18)20(27)16-29-22-24-23-21(19-12-8-14-28-19)26(22)15-17-9-4-3-5-10-17/h3-5,8-10,12,14,18H,2,6-7,11,13,15-16H2,1H3/t18-/m0/s1. The van der Waals surface area contributed by atoms with Crippen molar-refractivity contribution in [1.29, 1.82) is 0 Å². The number of amides is 1. The molecule has 0 N–H and O–H groups in total. The molecular weight excluding hydrogens is 384 g/mol. The largest absolute Gasteiger partial charge is 0.461 e. The van der Waals surface area contributed by atoms with Gasteiger partial charge in [-0.15, -0.1) is 10.2 Å². The Morgan fingerprint density at radius 1 is 1.17 bits per heavy atom. The Labute approximate surface area is 175 Å². The van der Waals surface area contributed by atoms with E-state index < -0.39 is 0 Å². The molecule has 3 aromatic rings. The highest BCUT2D eigenvalue weighted by Gasteiger charge is 2.26. The highest BCUT2D eigenvalue weighted by Crippen LogP contribution is 2.27. The number of hydrogen-bond acceptors (Lipinski definition) is 5. The van der Waals surface area contributed by atoms with Crippen LogP contribution in [0.3, 0.4) is 0 Å². The van der Waals surface area contributed by atoms with E-state index in [1.165, 1.54) is 18.2 Å². The van der Waals surface area contributed by atoms with E-state index in [-0.39, 0.29) is 5.91 Å². The predicted molar refractivity (Wildman–Crippen MR) is 114 cm³/mol. The Morgan fingerprint density at radius 2 is 2.03 bits per heavy atom. The van der Waals surface area contributed by atoms with Crippen molar-refractivity contribution < 1.29 is 9.21 Å². The number of aromatic nitrogens is 3. The topological polar surface area (TPSA) is 64.2 Å². The number of carbonyl (C=O) groups is 1. The fourth-order valence-electron chi connectivity index (χ4n) is 3.85. The predicted octanol–water partition coefficient (Wildman–Crippen LogP) is 4.47. The Morgan fingerprint density at radius 3 is 2.79 bits per heavy atom. The molecule has 1 amide bonds. The van der Waals surface area contributed by atoms with E-state index in [0.717, 1.165) is 36.5 Å². The lowest BCUT2D eigenvalue weighted by Crippen LogP contribution is -2.44. The van der Waals surface area contributed by atoms with Crippen LogP contribution < -0.4 is 0 Å². The second-order valence-electron chi connectivity index (χ2n) is 7.29. The molecule has 0 bridgehead atoms. The Kier molecular flexibility index (Phi) is 6.34. The van der Waals surface area contributed by atoms with Crippen molar-refractivity contribution in [3.8, 4) is 11.6 Å². The molecular formula is C22H26N4O2S. The first-order valence-corrected chi connectivity index (χ1v) is 11.2. The fraction of sp³-hybridized carbons (Fsp3) is 0.409. The molecule has 1 aliphatic heterocycles. The molecule has 0 aliphatic carbocycles. The van der Waals surface area contributed by atoms with Gasteiger partial charge in [0.1, 0.15) is 0 Å². The molecule has 0 spiro atoms. The summed E-state index contributed by atoms with van der Waals surface area (Å²) in [6.45, 7) is 3.66. The summed E-state index contributed by atoms with van der Waals surface area (Å²) in [6.07, 6.45) is 6.07. The van der Waals surface area contributed by atoms with Crippen LogP contribution in [0.2, 0.25) is 0 Å². The summed E-state index contributed by atoms with van der Waals surface area (Å²) >= 11 is 1.46. The van der Waals surface area contributed by atoms with E-state index >= 15 is 0 Å². The third-order valence-electron chi connectivity index (χ3n) is 5.39. The van der Waals surface area contributed by atoms with E-state index in [9.17, 15) is 4.79 Å². The number of rotatable bonds is 7. The number of thioether (sulfide) groups is 1. The first-order valence-electron chi connectivity index (χ1n) is 10.2. The van der Waals surface area contributed by atoms with Crippen molar-refractivity contribution in [2.75, 3.05) is 12.3 Å². The first-order chi connectivity index (χ1) is 14.3. The minimum Gasteiger partial charge on any atom is -0.461 e. The van der Waals surface area contributed by atoms with Gasteiger partial charge in [-0.25, -0.2) is 0 Å². The van der Waals surface area contributed by atoms with Gasteiger partial charge in [0.25, 0.3) is 0 Å². The van der Waals surface area contributed by atoms with Gasteiger partial charge in [0, 0.05) is 12.6 Å². The van der Waals surface area contributed by atoms with Gasteiger partial charge in [-0.2, -0.15) is 0 Å². The van der Waals surface area contributed by atoms with Crippen LogP contribution in [0.1, 0.15) is 38.2 Å². The van der Waals surface area contributed by atoms with Crippen molar-refractivity contribution in [1.82, 2.24) is 19.7 Å². The van der Waals surface area contributed by atoms with Crippen LogP contribution in [0.4, 0.5) is 0 Å². The lowest BCUT2D eigenvalue weighted by atomic mass is 10.0. The minimum absolute atomic E-state index is 0.190. The third-order valence-corrected chi connectivity index (χ3v) is 6.34. The molecule has 7 heteroatoms. The second-order valence-corrected chi connectivity index (χ2v) is 8.23. The summed E-state index contributed by atoms with van der Waals surface area (Å²) in [5.41, 5.74) is 1.15. The Bertz CT molecular complexity index is 924. The van der Waals surface area contributed by atoms with Crippen LogP contribution in [0.5, 0.6) is 0 Å². The molecule has 1 aliphatic rings. The molecule has 2 aromatic heterocycles. The fourth-order valence-corrected chi connectivity index (χ4v) is 4.68. The average molecular weight is 411 g/mol. The van der Waals surface area contributed by atoms with Crippen LogP contribution in [0.25, 0.3) is 11.6 Å². The molecule has 1 saturated heterocycles. The van der Waals surface area contributed by atoms with E-state index in [0.29, 0.717) is 29.9 Å². The van der Waals surface area contributed by atoms with Gasteiger partial charge in [0.15, 0.2) is 10.9 Å². The van der Waals surface area contributed by atoms with Gasteiger partial charge >= 0.3 is 0 Å². The van der Waals surface area contributed by atoms with Gasteiger partial charge in [-0.1, -0.05) is 49.0 Å². The summed E-state index contributed by atoms with van der Waals surface area (Å²) in [4.78, 5) is 14.9. The van der Waals surface area contributed by atoms with Gasteiger partial charge in [0.05, 0.1) is 18.6 Å². The van der Waals surface area contributed by atoms with Crippen molar-refractivity contribution in [2.45, 2.75) is 50.4 Å². The van der Waals surface area contributed by atoms with Crippen molar-refractivity contribution in [3.63, 3.8) is 0 Å². The maximum atomic E-state index is 12.9. The zero-order chi connectivity index (χ0) is 20.1. The quantitative estimate of drug-likeness (QED) is 0.538. The van der Waals surface area contributed by atoms with Crippen molar-refractivity contribution in [2.24, 2.45) is 0 Å². The lowest BCUT2D eigenvalue weighted by molar-refractivity contribution is -0.132. The van der Waals surface area contributed by atoms with E-state index in [1.54, 1.807) is 6.26 Å². The molecule has 6 nitrogen and oxygen atoms in total. The molecule has 3 heterocycles. The molecule has 0 saturated carbocycles. The number of piperidine rings is 1. The number of nitrogens with zero attached hydrogens (tertiary/aromatic N) is 4. The zero-order valence-electron chi connectivity index (χ0n) is 16.7. The summed E-state index contributed by atoms with van der Waals surface area (Å²) in [7, 11) is 0. The maximum absolute atomic E-state index is 12.9. The van der Waals surface area contributed by atoms with Crippen LogP contribution in [0.15, 0.2) is 58.3 Å². The smallest absolute Gasteiger partial charge is 0.233 e. The Hall–Kier alpha value is -2.54. The molecule has 1 atom stereocenters. The molecule has 29 heavy (non-hydrogen) atoms. The number of hydrogen-bond donors (Lipinski definition) is 0. The van der Waals surface area contributed by atoms with Crippen molar-refractivity contribution in [3.05, 3.63) is 54.3 Å². The van der Waals surface area contributed by atoms with Crippen LogP contribution in [-0.2, 0) is 11.3 Å². The Balaban J connectivity index is 1.53. The van der Waals surface area contributed by atoms with Gasteiger partial charge in [-0.05, 0) is 43.4 Å². The maximum Gasteiger partial charge on any atom is 0.233 e. The third kappa shape index (κ3) is 4.56. The van der Waals surface area contributed by atoms with Crippen LogP contribution in [-0.4, -0.2) is 43.9 Å². The van der Waals surface area contributed by atoms with Crippen molar-refractivity contribution >= 4 is 17.7 Å². The minimum atomic E-state index is 0.190. The van der Waals surface area contributed by atoms with E-state index in [2.05, 4.69) is 34.2 Å². The van der Waals surface area contributed by atoms with E-state index in [1.807, 2.05) is 34.9 Å². The molecule has 0 unspecified atom stereocenters. The average Bonchev–Trinajstić information content (AvgIpc) is 3.43. The molecule has 1 fully saturated rings. The molecule has 0 radical (unpaired) electrons. The summed E-state index contributed by atoms with van der Waals surface area (Å²) in [5, 5.41) is 9.45. The molecule has 4 rings (SSSR count). The van der Waals surface area contributed by atoms with E-state index in [4.69, 9.17) is 4.42 Å². The highest BCUT2D eigenvalue weighted by molar-refractivity contribution is 7.99. The summed E-state index contributed by atoms with van der Waals surface area (Å²) < 4.78 is 7.58. The number of likely N-dealkylation sites (tertiary alicyclic amines) is 1. The monoisotopic (exact) mass is 410 g/mol. The molecule has 152 valence electrons. The number of furan rings is 1. The normalized spacial score (nSPS) is 16.9. The first kappa shape index (κ1) is 19.8. The van der Waals surface area contributed by atoms with Gasteiger partial charge in [0.2, 0.25) is 11.7 Å². The zero-order valence-corrected chi connectivity index (χ0v) is 17.5. The number of carbonyl (C=O) groups excluding carboxylic acids is 1. The second kappa shape index (κ2) is 9.31. The summed E-state index contributed by atoms with van der Waals surface area (Å²) in [5.74, 6) is 1.92. The van der Waals surface area contributed by atoms with Gasteiger partial charge in [-0.3, -0.25) is 9.36 Å². The highest BCUT2D eigenvalue weighted by atomic mass is 32.2. The lowest BCUT2D eigenvalue weighted by Gasteiger charge is -2.35.